The van der Waals surface area contributed by atoms with Gasteiger partial charge in [0.05, 0.1) is 23.3 Å². The average molecular weight is 411 g/mol. The molecule has 0 aliphatic heterocycles. The Morgan fingerprint density at radius 2 is 1.75 bits per heavy atom. The van der Waals surface area contributed by atoms with Crippen molar-refractivity contribution in [2.75, 3.05) is 6.61 Å². The maximum absolute atomic E-state index is 10.9. The van der Waals surface area contributed by atoms with Crippen molar-refractivity contribution >= 4 is 17.6 Å². The highest BCUT2D eigenvalue weighted by atomic mass is 35.5. The fraction of sp³-hybridized carbons (Fsp3) is 0.316. The Balaban J connectivity index is 1.78. The Kier molecular flexibility index (Phi) is 5.62. The Morgan fingerprint density at radius 1 is 1.14 bits per heavy atom. The van der Waals surface area contributed by atoms with E-state index >= 15 is 0 Å². The number of aromatic carboxylic acids is 1. The van der Waals surface area contributed by atoms with E-state index in [1.54, 1.807) is 18.2 Å². The number of aliphatic hydroxyl groups is 5. The van der Waals surface area contributed by atoms with Crippen molar-refractivity contribution in [3.63, 3.8) is 0 Å². The predicted octanol–water partition coefficient (Wildman–Crippen LogP) is 0.477. The van der Waals surface area contributed by atoms with Gasteiger partial charge in [-0.15, -0.1) is 0 Å². The van der Waals surface area contributed by atoms with Gasteiger partial charge in [-0.25, -0.2) is 4.79 Å². The highest BCUT2D eigenvalue weighted by molar-refractivity contribution is 6.32. The van der Waals surface area contributed by atoms with Gasteiger partial charge >= 0.3 is 5.97 Å². The van der Waals surface area contributed by atoms with Crippen LogP contribution in [0.5, 0.6) is 5.75 Å². The minimum Gasteiger partial charge on any atom is -0.478 e. The molecule has 6 N–H and O–H groups in total. The Morgan fingerprint density at radius 3 is 2.29 bits per heavy atom. The summed E-state index contributed by atoms with van der Waals surface area (Å²) in [5.74, 6) is -2.20. The van der Waals surface area contributed by atoms with E-state index in [1.807, 2.05) is 0 Å². The molecule has 5 atom stereocenters. The van der Waals surface area contributed by atoms with Crippen molar-refractivity contribution in [1.29, 1.82) is 0 Å². The van der Waals surface area contributed by atoms with Crippen LogP contribution in [-0.4, -0.2) is 67.3 Å². The number of hydrogen-bond acceptors (Lipinski definition) is 7. The third-order valence-corrected chi connectivity index (χ3v) is 5.33. The fourth-order valence-corrected chi connectivity index (χ4v) is 3.47. The zero-order valence-electron chi connectivity index (χ0n) is 14.4. The first-order valence-electron chi connectivity index (χ1n) is 8.37. The molecule has 3 rings (SSSR count). The van der Waals surface area contributed by atoms with Crippen LogP contribution in [0.2, 0.25) is 5.02 Å². The summed E-state index contributed by atoms with van der Waals surface area (Å²) in [4.78, 5) is 10.9. The Hall–Kier alpha value is -2.20. The van der Waals surface area contributed by atoms with Gasteiger partial charge in [-0.05, 0) is 35.4 Å². The number of rotatable bonds is 6. The summed E-state index contributed by atoms with van der Waals surface area (Å²) in [7, 11) is 0. The van der Waals surface area contributed by atoms with E-state index in [2.05, 4.69) is 0 Å². The molecule has 2 aromatic rings. The molecule has 2 aromatic carbocycles. The second kappa shape index (κ2) is 7.67. The summed E-state index contributed by atoms with van der Waals surface area (Å²) < 4.78 is 5.26. The van der Waals surface area contributed by atoms with Crippen LogP contribution in [0.25, 0.3) is 11.1 Å². The first-order chi connectivity index (χ1) is 13.2. The van der Waals surface area contributed by atoms with Crippen LogP contribution >= 0.6 is 11.6 Å². The second-order valence-corrected chi connectivity index (χ2v) is 7.02. The first kappa shape index (κ1) is 20.5. The molecular weight excluding hydrogens is 392 g/mol. The normalized spacial score (nSPS) is 27.7. The number of ether oxygens (including phenoxy) is 1. The van der Waals surface area contributed by atoms with Crippen LogP contribution in [0.4, 0.5) is 0 Å². The van der Waals surface area contributed by atoms with E-state index in [1.165, 1.54) is 24.3 Å². The number of aliphatic hydroxyl groups excluding tert-OH is 4. The maximum Gasteiger partial charge on any atom is 0.335 e. The van der Waals surface area contributed by atoms with Gasteiger partial charge in [-0.3, -0.25) is 0 Å². The number of carboxylic acids is 1. The minimum absolute atomic E-state index is 0.0128. The maximum atomic E-state index is 10.9. The summed E-state index contributed by atoms with van der Waals surface area (Å²) in [5, 5.41) is 58.2. The topological polar surface area (TPSA) is 148 Å². The van der Waals surface area contributed by atoms with Crippen molar-refractivity contribution in [3.8, 4) is 16.9 Å². The highest BCUT2D eigenvalue weighted by Crippen LogP contribution is 2.43. The van der Waals surface area contributed by atoms with Crippen molar-refractivity contribution in [1.82, 2.24) is 0 Å². The summed E-state index contributed by atoms with van der Waals surface area (Å²) in [5.41, 5.74) is -0.737. The van der Waals surface area contributed by atoms with Crippen LogP contribution in [0, 0.1) is 5.92 Å². The van der Waals surface area contributed by atoms with E-state index in [0.29, 0.717) is 11.1 Å². The number of carboxylic acid groups (broad SMARTS) is 1. The molecule has 150 valence electrons. The number of halogens is 1. The zero-order valence-corrected chi connectivity index (χ0v) is 15.2. The molecule has 0 heterocycles. The summed E-state index contributed by atoms with van der Waals surface area (Å²) in [6.45, 7) is -0.659. The molecule has 28 heavy (non-hydrogen) atoms. The standard InChI is InChI=1S/C19H19ClO8/c20-13-7-11(9-1-3-10(4-2-9)17(24)25)5-6-14(13)28-18(26)19(27)12(8-21)15(22)16(19)23/h1-7,12,15-16,18,21-23,26-27H,8H2,(H,24,25)/t12?,15-,16?,18-,19?/m1/s1. The molecule has 9 heteroatoms. The SMILES string of the molecule is O=C(O)c1ccc(-c2ccc(O[C@@H](O)C3(O)C(O)[C@H](O)C3CO)c(Cl)c2)cc1. The number of hydrogen-bond donors (Lipinski definition) is 6. The third kappa shape index (κ3) is 3.35. The second-order valence-electron chi connectivity index (χ2n) is 6.61. The molecule has 3 unspecified atom stereocenters. The highest BCUT2D eigenvalue weighted by Gasteiger charge is 2.65. The molecule has 8 nitrogen and oxygen atoms in total. The molecule has 1 fully saturated rings. The molecule has 0 bridgehead atoms. The minimum atomic E-state index is -2.25. The summed E-state index contributed by atoms with van der Waals surface area (Å²) in [6, 6.07) is 10.7. The van der Waals surface area contributed by atoms with Gasteiger partial charge < -0.3 is 35.4 Å². The van der Waals surface area contributed by atoms with Crippen molar-refractivity contribution in [2.45, 2.75) is 24.1 Å². The van der Waals surface area contributed by atoms with E-state index in [-0.39, 0.29) is 16.3 Å². The first-order valence-corrected chi connectivity index (χ1v) is 8.75. The molecular formula is C19H19ClO8. The van der Waals surface area contributed by atoms with Crippen LogP contribution in [-0.2, 0) is 0 Å². The van der Waals surface area contributed by atoms with E-state index in [4.69, 9.17) is 21.4 Å². The monoisotopic (exact) mass is 410 g/mol. The smallest absolute Gasteiger partial charge is 0.335 e. The van der Waals surface area contributed by atoms with Crippen molar-refractivity contribution in [2.24, 2.45) is 5.92 Å². The molecule has 0 aromatic heterocycles. The van der Waals surface area contributed by atoms with Crippen LogP contribution in [0.15, 0.2) is 42.5 Å². The lowest BCUT2D eigenvalue weighted by molar-refractivity contribution is -0.332. The fourth-order valence-electron chi connectivity index (χ4n) is 3.25. The molecule has 1 saturated carbocycles. The van der Waals surface area contributed by atoms with Gasteiger partial charge in [0.15, 0.2) is 5.60 Å². The summed E-state index contributed by atoms with van der Waals surface area (Å²) in [6.07, 6.45) is -5.02. The third-order valence-electron chi connectivity index (χ3n) is 5.03. The van der Waals surface area contributed by atoms with Gasteiger partial charge in [0.2, 0.25) is 6.29 Å². The van der Waals surface area contributed by atoms with Crippen molar-refractivity contribution < 1.29 is 40.2 Å². The van der Waals surface area contributed by atoms with Gasteiger partial charge in [0.1, 0.15) is 11.9 Å². The summed E-state index contributed by atoms with van der Waals surface area (Å²) >= 11 is 6.18. The van der Waals surface area contributed by atoms with Crippen molar-refractivity contribution in [3.05, 3.63) is 53.1 Å². The van der Waals surface area contributed by atoms with Gasteiger partial charge in [0, 0.05) is 5.92 Å². The lowest BCUT2D eigenvalue weighted by atomic mass is 9.64. The van der Waals surface area contributed by atoms with Crippen LogP contribution < -0.4 is 4.74 Å². The van der Waals surface area contributed by atoms with Crippen LogP contribution in [0.3, 0.4) is 0 Å². The molecule has 0 amide bonds. The lowest BCUT2D eigenvalue weighted by Gasteiger charge is -2.53. The van der Waals surface area contributed by atoms with Gasteiger partial charge in [-0.2, -0.15) is 0 Å². The largest absolute Gasteiger partial charge is 0.478 e. The zero-order chi connectivity index (χ0) is 20.6. The molecule has 1 aliphatic carbocycles. The van der Waals surface area contributed by atoms with E-state index in [0.717, 1.165) is 0 Å². The molecule has 0 saturated heterocycles. The molecule has 1 aliphatic rings. The Labute approximate surface area is 164 Å². The quantitative estimate of drug-likeness (QED) is 0.377. The molecule has 0 spiro atoms. The number of carbonyl (C=O) groups is 1. The molecule has 0 radical (unpaired) electrons. The van der Waals surface area contributed by atoms with E-state index < -0.39 is 42.6 Å². The number of benzene rings is 2. The van der Waals surface area contributed by atoms with Crippen LogP contribution in [0.1, 0.15) is 10.4 Å². The Bertz CT molecular complexity index is 871. The van der Waals surface area contributed by atoms with Gasteiger partial charge in [0.25, 0.3) is 0 Å². The lowest BCUT2D eigenvalue weighted by Crippen LogP contribution is -2.76. The van der Waals surface area contributed by atoms with E-state index in [9.17, 15) is 30.3 Å². The predicted molar refractivity (Wildman–Crippen MR) is 98.0 cm³/mol. The average Bonchev–Trinajstić information content (AvgIpc) is 2.69. The van der Waals surface area contributed by atoms with Gasteiger partial charge in [-0.1, -0.05) is 29.8 Å².